The Morgan fingerprint density at radius 2 is 1.95 bits per heavy atom. The molecule has 0 spiro atoms. The summed E-state index contributed by atoms with van der Waals surface area (Å²) in [6, 6.07) is 7.19. The van der Waals surface area contributed by atoms with Gasteiger partial charge < -0.3 is 4.74 Å². The number of carbonyl (C=O) groups excluding carboxylic acids is 2. The number of anilines is 1. The van der Waals surface area contributed by atoms with Crippen molar-refractivity contribution in [2.24, 2.45) is 0 Å². The number of ether oxygens (including phenoxy) is 1. The van der Waals surface area contributed by atoms with Crippen LogP contribution in [0, 0.1) is 0 Å². The first kappa shape index (κ1) is 14.3. The van der Waals surface area contributed by atoms with Crippen molar-refractivity contribution in [3.63, 3.8) is 0 Å². The average Bonchev–Trinajstić information content (AvgIpc) is 2.70. The molecule has 2 rings (SSSR count). The minimum Gasteiger partial charge on any atom is -0.468 e. The highest BCUT2D eigenvalue weighted by Crippen LogP contribution is 2.44. The summed E-state index contributed by atoms with van der Waals surface area (Å²) in [6.07, 6.45) is 0. The summed E-state index contributed by atoms with van der Waals surface area (Å²) in [4.78, 5) is 29.0. The van der Waals surface area contributed by atoms with E-state index in [2.05, 4.69) is 0 Å². The van der Waals surface area contributed by atoms with Gasteiger partial charge in [-0.2, -0.15) is 0 Å². The molecule has 0 bridgehead atoms. The van der Waals surface area contributed by atoms with Crippen LogP contribution in [-0.2, 0) is 19.2 Å². The maximum Gasteiger partial charge on any atom is 0.320 e. The van der Waals surface area contributed by atoms with Gasteiger partial charge in [0, 0.05) is 0 Å². The molecule has 5 heteroatoms. The first-order valence-corrected chi connectivity index (χ1v) is 6.30. The highest BCUT2D eigenvalue weighted by atomic mass is 16.7. The van der Waals surface area contributed by atoms with Gasteiger partial charge in [0.25, 0.3) is 0 Å². The van der Waals surface area contributed by atoms with Gasteiger partial charge in [-0.1, -0.05) is 18.2 Å². The van der Waals surface area contributed by atoms with Gasteiger partial charge in [0.15, 0.2) is 0 Å². The van der Waals surface area contributed by atoms with Crippen LogP contribution < -0.4 is 5.06 Å². The van der Waals surface area contributed by atoms with E-state index in [0.717, 1.165) is 0 Å². The molecule has 0 N–H and O–H groups in total. The predicted octanol–water partition coefficient (Wildman–Crippen LogP) is 2.21. The molecule has 0 fully saturated rings. The molecule has 1 aromatic rings. The first-order valence-electron chi connectivity index (χ1n) is 6.30. The second kappa shape index (κ2) is 5.12. The van der Waals surface area contributed by atoms with Crippen molar-refractivity contribution >= 4 is 17.6 Å². The summed E-state index contributed by atoms with van der Waals surface area (Å²) in [7, 11) is 1.29. The highest BCUT2D eigenvalue weighted by molar-refractivity contribution is 5.92. The normalized spacial score (nSPS) is 17.7. The Labute approximate surface area is 117 Å². The Kier molecular flexibility index (Phi) is 3.66. The van der Waals surface area contributed by atoms with E-state index in [1.165, 1.54) is 12.2 Å². The molecule has 106 valence electrons. The molecule has 20 heavy (non-hydrogen) atoms. The van der Waals surface area contributed by atoms with E-state index in [-0.39, 0.29) is 5.70 Å². The number of hydrogen-bond acceptors (Lipinski definition) is 5. The van der Waals surface area contributed by atoms with Gasteiger partial charge in [0.1, 0.15) is 17.6 Å². The van der Waals surface area contributed by atoms with Gasteiger partial charge >= 0.3 is 5.97 Å². The number of para-hydroxylation sites is 1. The van der Waals surface area contributed by atoms with Crippen LogP contribution in [0.15, 0.2) is 30.0 Å². The monoisotopic (exact) mass is 275 g/mol. The van der Waals surface area contributed by atoms with E-state index in [4.69, 9.17) is 9.57 Å². The van der Waals surface area contributed by atoms with Crippen LogP contribution in [0.2, 0.25) is 0 Å². The van der Waals surface area contributed by atoms with Crippen molar-refractivity contribution in [3.05, 3.63) is 35.5 Å². The summed E-state index contributed by atoms with van der Waals surface area (Å²) in [6.45, 7) is 5.59. The second-order valence-electron chi connectivity index (χ2n) is 5.50. The molecule has 0 amide bonds. The molecule has 0 saturated heterocycles. The van der Waals surface area contributed by atoms with Gasteiger partial charge in [0.2, 0.25) is 0 Å². The summed E-state index contributed by atoms with van der Waals surface area (Å²) in [5.74, 6) is 0.516. The molecule has 1 aromatic carbocycles. The van der Waals surface area contributed by atoms with Crippen molar-refractivity contribution in [1.29, 1.82) is 0 Å². The van der Waals surface area contributed by atoms with Crippen LogP contribution >= 0.6 is 0 Å². The van der Waals surface area contributed by atoms with E-state index in [1.54, 1.807) is 18.2 Å². The van der Waals surface area contributed by atoms with E-state index in [1.807, 2.05) is 32.8 Å². The lowest BCUT2D eigenvalue weighted by Gasteiger charge is -2.28. The molecule has 1 atom stereocenters. The molecular formula is C15H17NO4. The van der Waals surface area contributed by atoms with Crippen LogP contribution in [0.25, 0.3) is 0 Å². The fourth-order valence-corrected chi connectivity index (χ4v) is 2.14. The standard InChI is InChI=1S/C15H17NO4/c1-15(2,3)20-16-11-8-6-5-7-10(11)13(12(16)9-17)14(18)19-4/h5-8,13H,1-4H3. The van der Waals surface area contributed by atoms with Gasteiger partial charge in [-0.05, 0) is 32.4 Å². The summed E-state index contributed by atoms with van der Waals surface area (Å²) < 4.78 is 4.78. The maximum atomic E-state index is 12.0. The lowest BCUT2D eigenvalue weighted by molar-refractivity contribution is -0.141. The van der Waals surface area contributed by atoms with Crippen LogP contribution in [-0.4, -0.2) is 24.6 Å². The van der Waals surface area contributed by atoms with Gasteiger partial charge in [-0.25, -0.2) is 9.86 Å². The van der Waals surface area contributed by atoms with Crippen molar-refractivity contribution in [3.8, 4) is 0 Å². The third-order valence-corrected chi connectivity index (χ3v) is 2.87. The first-order chi connectivity index (χ1) is 9.39. The maximum absolute atomic E-state index is 12.0. The largest absolute Gasteiger partial charge is 0.468 e. The Balaban J connectivity index is 2.54. The van der Waals surface area contributed by atoms with E-state index in [9.17, 15) is 9.59 Å². The molecule has 1 heterocycles. The number of methoxy groups -OCH3 is 1. The smallest absolute Gasteiger partial charge is 0.320 e. The molecular weight excluding hydrogens is 258 g/mol. The fraction of sp³-hybridized carbons (Fsp3) is 0.400. The molecule has 0 aliphatic carbocycles. The Bertz CT molecular complexity index is 582. The lowest BCUT2D eigenvalue weighted by Crippen LogP contribution is -2.33. The average molecular weight is 275 g/mol. The number of nitrogens with zero attached hydrogens (tertiary/aromatic N) is 1. The number of fused-ring (bicyclic) bond motifs is 1. The zero-order valence-electron chi connectivity index (χ0n) is 12.0. The van der Waals surface area contributed by atoms with Crippen LogP contribution in [0.1, 0.15) is 32.3 Å². The minimum atomic E-state index is -0.795. The molecule has 1 unspecified atom stereocenters. The zero-order valence-corrected chi connectivity index (χ0v) is 12.0. The molecule has 0 saturated carbocycles. The van der Waals surface area contributed by atoms with Crippen molar-refractivity contribution < 1.29 is 19.2 Å². The quantitative estimate of drug-likeness (QED) is 0.612. The highest BCUT2D eigenvalue weighted by Gasteiger charge is 2.42. The van der Waals surface area contributed by atoms with E-state index < -0.39 is 17.5 Å². The SMILES string of the molecule is COC(=O)C1C(=C=O)N(OC(C)(C)C)c2ccccc21. The number of benzene rings is 1. The van der Waals surface area contributed by atoms with Crippen LogP contribution in [0.4, 0.5) is 5.69 Å². The van der Waals surface area contributed by atoms with Crippen LogP contribution in [0.5, 0.6) is 0 Å². The van der Waals surface area contributed by atoms with Crippen LogP contribution in [0.3, 0.4) is 0 Å². The molecule has 0 radical (unpaired) electrons. The van der Waals surface area contributed by atoms with Crippen molar-refractivity contribution in [1.82, 2.24) is 0 Å². The van der Waals surface area contributed by atoms with Gasteiger partial charge in [0.05, 0.1) is 18.4 Å². The summed E-state index contributed by atoms with van der Waals surface area (Å²) >= 11 is 0. The minimum absolute atomic E-state index is 0.118. The molecule has 1 aliphatic heterocycles. The van der Waals surface area contributed by atoms with Crippen molar-refractivity contribution in [2.75, 3.05) is 12.2 Å². The number of esters is 1. The molecule has 1 aliphatic rings. The summed E-state index contributed by atoms with van der Waals surface area (Å²) in [5.41, 5.74) is 0.950. The Morgan fingerprint density at radius 1 is 1.30 bits per heavy atom. The third-order valence-electron chi connectivity index (χ3n) is 2.87. The number of rotatable bonds is 2. The Hall–Kier alpha value is -2.10. The molecule has 0 aromatic heterocycles. The fourth-order valence-electron chi connectivity index (χ4n) is 2.14. The van der Waals surface area contributed by atoms with E-state index in [0.29, 0.717) is 11.3 Å². The lowest BCUT2D eigenvalue weighted by atomic mass is 9.99. The van der Waals surface area contributed by atoms with Gasteiger partial charge in [-0.3, -0.25) is 9.63 Å². The zero-order chi connectivity index (χ0) is 14.9. The van der Waals surface area contributed by atoms with Gasteiger partial charge in [-0.15, -0.1) is 0 Å². The summed E-state index contributed by atoms with van der Waals surface area (Å²) in [5, 5.41) is 1.38. The molecule has 5 nitrogen and oxygen atoms in total. The topological polar surface area (TPSA) is 55.8 Å². The van der Waals surface area contributed by atoms with E-state index >= 15 is 0 Å². The number of carbonyl (C=O) groups is 1. The predicted molar refractivity (Wildman–Crippen MR) is 73.7 cm³/mol. The number of hydroxylamine groups is 1. The van der Waals surface area contributed by atoms with Crippen molar-refractivity contribution in [2.45, 2.75) is 32.3 Å². The number of hydrogen-bond donors (Lipinski definition) is 0. The second-order valence-corrected chi connectivity index (χ2v) is 5.50. The Morgan fingerprint density at radius 3 is 2.50 bits per heavy atom. The third kappa shape index (κ3) is 2.46.